The molecule has 1 atom stereocenters. The summed E-state index contributed by atoms with van der Waals surface area (Å²) in [6.07, 6.45) is 4.56. The molecule has 2 aromatic rings. The highest BCUT2D eigenvalue weighted by atomic mass is 79.9. The summed E-state index contributed by atoms with van der Waals surface area (Å²) in [4.78, 5) is 0. The molecular formula is C18H17Br. The molecule has 1 aliphatic carbocycles. The standard InChI is InChI=1S/C18H17Br/c1-11-5-4-6-14(13(11)3)15-9-10-17-16(15)8-7-12(2)18(17)19/h4-10,15H,1-3H3. The van der Waals surface area contributed by atoms with Gasteiger partial charge in [0.15, 0.2) is 0 Å². The van der Waals surface area contributed by atoms with E-state index in [0.29, 0.717) is 5.92 Å². The van der Waals surface area contributed by atoms with Gasteiger partial charge in [0.05, 0.1) is 0 Å². The van der Waals surface area contributed by atoms with Crippen LogP contribution < -0.4 is 0 Å². The van der Waals surface area contributed by atoms with E-state index in [1.165, 1.54) is 37.9 Å². The Morgan fingerprint density at radius 2 is 1.68 bits per heavy atom. The number of halogens is 1. The topological polar surface area (TPSA) is 0 Å². The summed E-state index contributed by atoms with van der Waals surface area (Å²) in [5.41, 5.74) is 8.24. The van der Waals surface area contributed by atoms with E-state index in [1.807, 2.05) is 0 Å². The van der Waals surface area contributed by atoms with Crippen molar-refractivity contribution in [3.8, 4) is 0 Å². The van der Waals surface area contributed by atoms with Crippen LogP contribution in [0.15, 0.2) is 40.9 Å². The maximum Gasteiger partial charge on any atom is 0.0281 e. The van der Waals surface area contributed by atoms with Gasteiger partial charge in [0.2, 0.25) is 0 Å². The third-order valence-corrected chi connectivity index (χ3v) is 5.23. The first-order valence-corrected chi connectivity index (χ1v) is 7.42. The molecule has 0 amide bonds. The Kier molecular flexibility index (Phi) is 3.10. The maximum absolute atomic E-state index is 3.71. The van der Waals surface area contributed by atoms with Gasteiger partial charge in [0.25, 0.3) is 0 Å². The molecule has 19 heavy (non-hydrogen) atoms. The Morgan fingerprint density at radius 3 is 2.47 bits per heavy atom. The zero-order valence-corrected chi connectivity index (χ0v) is 13.1. The fraction of sp³-hybridized carbons (Fsp3) is 0.222. The predicted octanol–water partition coefficient (Wildman–Crippen LogP) is 5.53. The van der Waals surface area contributed by atoms with Crippen LogP contribution in [0.25, 0.3) is 6.08 Å². The molecule has 0 aromatic heterocycles. The molecule has 1 aliphatic rings. The van der Waals surface area contributed by atoms with Crippen molar-refractivity contribution in [1.82, 2.24) is 0 Å². The van der Waals surface area contributed by atoms with Crippen LogP contribution in [0.4, 0.5) is 0 Å². The second kappa shape index (κ2) is 4.64. The Labute approximate surface area is 123 Å². The maximum atomic E-state index is 3.71. The highest BCUT2D eigenvalue weighted by Crippen LogP contribution is 2.41. The molecule has 96 valence electrons. The molecule has 0 nitrogen and oxygen atoms in total. The SMILES string of the molecule is Cc1cccc(C2C=Cc3c2ccc(C)c3Br)c1C. The summed E-state index contributed by atoms with van der Waals surface area (Å²) < 4.78 is 1.23. The fourth-order valence-electron chi connectivity index (χ4n) is 2.84. The lowest BCUT2D eigenvalue weighted by molar-refractivity contribution is 1.02. The molecule has 0 bridgehead atoms. The van der Waals surface area contributed by atoms with Gasteiger partial charge in [-0.3, -0.25) is 0 Å². The number of aryl methyl sites for hydroxylation is 2. The fourth-order valence-corrected chi connectivity index (χ4v) is 3.33. The molecule has 0 fully saturated rings. The molecule has 0 spiro atoms. The molecule has 3 rings (SSSR count). The number of hydrogen-bond acceptors (Lipinski definition) is 0. The highest BCUT2D eigenvalue weighted by molar-refractivity contribution is 9.10. The third-order valence-electron chi connectivity index (χ3n) is 4.18. The quantitative estimate of drug-likeness (QED) is 0.649. The van der Waals surface area contributed by atoms with Crippen molar-refractivity contribution in [1.29, 1.82) is 0 Å². The first kappa shape index (κ1) is 12.7. The van der Waals surface area contributed by atoms with Gasteiger partial charge in [-0.1, -0.05) is 42.5 Å². The average molecular weight is 313 g/mol. The first-order valence-electron chi connectivity index (χ1n) is 6.63. The summed E-state index contributed by atoms with van der Waals surface area (Å²) >= 11 is 3.71. The van der Waals surface area contributed by atoms with Crippen molar-refractivity contribution in [3.05, 3.63) is 74.3 Å². The Hall–Kier alpha value is -1.34. The van der Waals surface area contributed by atoms with E-state index in [2.05, 4.69) is 79.2 Å². The third kappa shape index (κ3) is 1.97. The number of hydrogen-bond donors (Lipinski definition) is 0. The van der Waals surface area contributed by atoms with Gasteiger partial charge < -0.3 is 0 Å². The Balaban J connectivity index is 2.16. The Bertz CT molecular complexity index is 680. The lowest BCUT2D eigenvalue weighted by Crippen LogP contribution is -2.00. The van der Waals surface area contributed by atoms with E-state index in [-0.39, 0.29) is 0 Å². The molecule has 0 heterocycles. The summed E-state index contributed by atoms with van der Waals surface area (Å²) in [5, 5.41) is 0. The van der Waals surface area contributed by atoms with Crippen LogP contribution >= 0.6 is 15.9 Å². The molecule has 1 heteroatoms. The van der Waals surface area contributed by atoms with Crippen molar-refractivity contribution in [2.24, 2.45) is 0 Å². The molecule has 1 unspecified atom stereocenters. The number of allylic oxidation sites excluding steroid dienone is 1. The van der Waals surface area contributed by atoms with Crippen LogP contribution in [0.2, 0.25) is 0 Å². The molecular weight excluding hydrogens is 296 g/mol. The summed E-state index contributed by atoms with van der Waals surface area (Å²) in [6.45, 7) is 6.55. The van der Waals surface area contributed by atoms with E-state index in [0.717, 1.165) is 0 Å². The van der Waals surface area contributed by atoms with E-state index < -0.39 is 0 Å². The largest absolute Gasteiger partial charge is 0.0720 e. The number of rotatable bonds is 1. The van der Waals surface area contributed by atoms with Crippen LogP contribution in [0.5, 0.6) is 0 Å². The summed E-state index contributed by atoms with van der Waals surface area (Å²) in [6, 6.07) is 11.1. The summed E-state index contributed by atoms with van der Waals surface area (Å²) in [7, 11) is 0. The highest BCUT2D eigenvalue weighted by Gasteiger charge is 2.22. The van der Waals surface area contributed by atoms with E-state index in [1.54, 1.807) is 0 Å². The van der Waals surface area contributed by atoms with Crippen LogP contribution in [-0.2, 0) is 0 Å². The van der Waals surface area contributed by atoms with Crippen molar-refractivity contribution < 1.29 is 0 Å². The average Bonchev–Trinajstić information content (AvgIpc) is 2.82. The summed E-state index contributed by atoms with van der Waals surface area (Å²) in [5.74, 6) is 0.395. The normalized spacial score (nSPS) is 16.7. The molecule has 0 aliphatic heterocycles. The van der Waals surface area contributed by atoms with Crippen molar-refractivity contribution in [2.45, 2.75) is 26.7 Å². The lowest BCUT2D eigenvalue weighted by Gasteiger charge is -2.17. The Morgan fingerprint density at radius 1 is 0.895 bits per heavy atom. The van der Waals surface area contributed by atoms with Crippen LogP contribution in [0.3, 0.4) is 0 Å². The monoisotopic (exact) mass is 312 g/mol. The second-order valence-corrected chi connectivity index (χ2v) is 6.12. The molecule has 0 N–H and O–H groups in total. The van der Waals surface area contributed by atoms with Gasteiger partial charge in [-0.2, -0.15) is 0 Å². The van der Waals surface area contributed by atoms with Gasteiger partial charge in [0.1, 0.15) is 0 Å². The molecule has 2 aromatic carbocycles. The molecule has 0 saturated carbocycles. The minimum atomic E-state index is 0.395. The van der Waals surface area contributed by atoms with Crippen LogP contribution in [0.1, 0.15) is 39.3 Å². The zero-order valence-electron chi connectivity index (χ0n) is 11.5. The van der Waals surface area contributed by atoms with Crippen LogP contribution in [-0.4, -0.2) is 0 Å². The minimum absolute atomic E-state index is 0.395. The first-order chi connectivity index (χ1) is 9.09. The molecule has 0 radical (unpaired) electrons. The van der Waals surface area contributed by atoms with E-state index in [4.69, 9.17) is 0 Å². The van der Waals surface area contributed by atoms with E-state index >= 15 is 0 Å². The molecule has 0 saturated heterocycles. The lowest BCUT2D eigenvalue weighted by atomic mass is 9.88. The van der Waals surface area contributed by atoms with Crippen molar-refractivity contribution >= 4 is 22.0 Å². The second-order valence-electron chi connectivity index (χ2n) is 5.33. The van der Waals surface area contributed by atoms with Gasteiger partial charge in [-0.25, -0.2) is 0 Å². The van der Waals surface area contributed by atoms with Crippen LogP contribution in [0, 0.1) is 20.8 Å². The van der Waals surface area contributed by atoms with Crippen molar-refractivity contribution in [3.63, 3.8) is 0 Å². The van der Waals surface area contributed by atoms with Gasteiger partial charge in [-0.05, 0) is 70.1 Å². The zero-order chi connectivity index (χ0) is 13.6. The number of benzene rings is 2. The van der Waals surface area contributed by atoms with Gasteiger partial charge in [-0.15, -0.1) is 0 Å². The van der Waals surface area contributed by atoms with E-state index in [9.17, 15) is 0 Å². The van der Waals surface area contributed by atoms with Gasteiger partial charge >= 0.3 is 0 Å². The number of fused-ring (bicyclic) bond motifs is 1. The van der Waals surface area contributed by atoms with Gasteiger partial charge in [0, 0.05) is 10.4 Å². The van der Waals surface area contributed by atoms with Crippen molar-refractivity contribution in [2.75, 3.05) is 0 Å². The predicted molar refractivity (Wildman–Crippen MR) is 85.7 cm³/mol. The minimum Gasteiger partial charge on any atom is -0.0720 e. The smallest absolute Gasteiger partial charge is 0.0281 e.